The molecule has 146 valence electrons. The van der Waals surface area contributed by atoms with Crippen LogP contribution in [0.1, 0.15) is 37.5 Å². The van der Waals surface area contributed by atoms with E-state index in [0.717, 1.165) is 22.6 Å². The summed E-state index contributed by atoms with van der Waals surface area (Å²) in [4.78, 5) is 27.1. The fourth-order valence-electron chi connectivity index (χ4n) is 3.24. The SMILES string of the molecule is CCN1C(=O)C(Nc2cccc(C)c2C)=C(c2ccc(OC(C)C)cc2)C1=O. The lowest BCUT2D eigenvalue weighted by Gasteiger charge is -2.14. The summed E-state index contributed by atoms with van der Waals surface area (Å²) in [5.74, 6) is 0.149. The van der Waals surface area contributed by atoms with Crippen molar-refractivity contribution in [1.82, 2.24) is 4.90 Å². The second-order valence-electron chi connectivity index (χ2n) is 7.17. The number of benzene rings is 2. The number of hydrogen-bond donors (Lipinski definition) is 1. The van der Waals surface area contributed by atoms with Crippen LogP contribution in [0.15, 0.2) is 48.2 Å². The molecule has 0 aliphatic carbocycles. The van der Waals surface area contributed by atoms with E-state index >= 15 is 0 Å². The van der Waals surface area contributed by atoms with Crippen molar-refractivity contribution < 1.29 is 14.3 Å². The summed E-state index contributed by atoms with van der Waals surface area (Å²) in [7, 11) is 0. The van der Waals surface area contributed by atoms with Gasteiger partial charge in [-0.1, -0.05) is 24.3 Å². The number of imide groups is 1. The number of aryl methyl sites for hydroxylation is 1. The normalized spacial score (nSPS) is 14.3. The minimum absolute atomic E-state index is 0.0665. The lowest BCUT2D eigenvalue weighted by Crippen LogP contribution is -2.32. The molecule has 3 rings (SSSR count). The monoisotopic (exact) mass is 378 g/mol. The standard InChI is InChI=1S/C23H26N2O3/c1-6-25-22(26)20(17-10-12-18(13-11-17)28-14(2)3)21(23(25)27)24-19-9-7-8-15(4)16(19)5/h7-14,24H,6H2,1-5H3. The van der Waals surface area contributed by atoms with Gasteiger partial charge in [-0.2, -0.15) is 0 Å². The average molecular weight is 378 g/mol. The van der Waals surface area contributed by atoms with Crippen molar-refractivity contribution in [2.24, 2.45) is 0 Å². The molecular formula is C23H26N2O3. The van der Waals surface area contributed by atoms with Gasteiger partial charge in [-0.25, -0.2) is 0 Å². The average Bonchev–Trinajstić information content (AvgIpc) is 2.89. The van der Waals surface area contributed by atoms with Gasteiger partial charge in [0.25, 0.3) is 11.8 Å². The number of hydrogen-bond acceptors (Lipinski definition) is 4. The largest absolute Gasteiger partial charge is 0.491 e. The van der Waals surface area contributed by atoms with Crippen LogP contribution in [0.5, 0.6) is 5.75 Å². The smallest absolute Gasteiger partial charge is 0.278 e. The number of anilines is 1. The van der Waals surface area contributed by atoms with Crippen LogP contribution in [0.25, 0.3) is 5.57 Å². The molecule has 5 nitrogen and oxygen atoms in total. The van der Waals surface area contributed by atoms with E-state index in [0.29, 0.717) is 23.4 Å². The van der Waals surface area contributed by atoms with Crippen LogP contribution < -0.4 is 10.1 Å². The summed E-state index contributed by atoms with van der Waals surface area (Å²) in [5, 5.41) is 3.23. The predicted molar refractivity (Wildman–Crippen MR) is 111 cm³/mol. The Labute approximate surface area is 166 Å². The highest BCUT2D eigenvalue weighted by Gasteiger charge is 2.38. The van der Waals surface area contributed by atoms with Gasteiger partial charge in [0.15, 0.2) is 0 Å². The first kappa shape index (κ1) is 19.7. The van der Waals surface area contributed by atoms with E-state index in [4.69, 9.17) is 4.74 Å². The molecule has 0 saturated heterocycles. The van der Waals surface area contributed by atoms with Gasteiger partial charge in [-0.15, -0.1) is 0 Å². The third-order valence-electron chi connectivity index (χ3n) is 4.86. The molecule has 1 heterocycles. The Kier molecular flexibility index (Phi) is 5.54. The molecule has 0 aromatic heterocycles. The first-order valence-electron chi connectivity index (χ1n) is 9.54. The quantitative estimate of drug-likeness (QED) is 0.762. The molecule has 0 spiro atoms. The van der Waals surface area contributed by atoms with E-state index in [1.165, 1.54) is 4.90 Å². The number of nitrogens with one attached hydrogen (secondary N) is 1. The van der Waals surface area contributed by atoms with Gasteiger partial charge in [-0.05, 0) is 69.5 Å². The minimum Gasteiger partial charge on any atom is -0.491 e. The summed E-state index contributed by atoms with van der Waals surface area (Å²) < 4.78 is 5.68. The highest BCUT2D eigenvalue weighted by molar-refractivity contribution is 6.36. The zero-order valence-corrected chi connectivity index (χ0v) is 17.0. The molecular weight excluding hydrogens is 352 g/mol. The van der Waals surface area contributed by atoms with Crippen LogP contribution in [-0.2, 0) is 9.59 Å². The van der Waals surface area contributed by atoms with Gasteiger partial charge in [0.05, 0.1) is 11.7 Å². The first-order valence-corrected chi connectivity index (χ1v) is 9.54. The number of amides is 2. The van der Waals surface area contributed by atoms with Crippen molar-refractivity contribution in [1.29, 1.82) is 0 Å². The summed E-state index contributed by atoms with van der Waals surface area (Å²) in [6.07, 6.45) is 0.0665. The van der Waals surface area contributed by atoms with Crippen LogP contribution >= 0.6 is 0 Å². The first-order chi connectivity index (χ1) is 13.3. The number of rotatable bonds is 6. The predicted octanol–water partition coefficient (Wildman–Crippen LogP) is 4.30. The Hall–Kier alpha value is -3.08. The summed E-state index contributed by atoms with van der Waals surface area (Å²) in [6, 6.07) is 13.2. The van der Waals surface area contributed by atoms with Crippen LogP contribution in [0.2, 0.25) is 0 Å². The van der Waals surface area contributed by atoms with Gasteiger partial charge >= 0.3 is 0 Å². The highest BCUT2D eigenvalue weighted by atomic mass is 16.5. The number of carbonyl (C=O) groups excluding carboxylic acids is 2. The fraction of sp³-hybridized carbons (Fsp3) is 0.304. The van der Waals surface area contributed by atoms with Crippen molar-refractivity contribution in [2.75, 3.05) is 11.9 Å². The van der Waals surface area contributed by atoms with Crippen LogP contribution in [0.4, 0.5) is 5.69 Å². The molecule has 0 fully saturated rings. The molecule has 0 atom stereocenters. The molecule has 5 heteroatoms. The van der Waals surface area contributed by atoms with Crippen molar-refractivity contribution in [2.45, 2.75) is 40.7 Å². The maximum Gasteiger partial charge on any atom is 0.278 e. The summed E-state index contributed by atoms with van der Waals surface area (Å²) >= 11 is 0. The number of likely N-dealkylation sites (N-methyl/N-ethyl adjacent to an activating group) is 1. The van der Waals surface area contributed by atoms with Gasteiger partial charge in [0.1, 0.15) is 11.4 Å². The van der Waals surface area contributed by atoms with Crippen molar-refractivity contribution >= 4 is 23.1 Å². The topological polar surface area (TPSA) is 58.6 Å². The van der Waals surface area contributed by atoms with Gasteiger partial charge < -0.3 is 10.1 Å². The van der Waals surface area contributed by atoms with Gasteiger partial charge in [-0.3, -0.25) is 14.5 Å². The van der Waals surface area contributed by atoms with E-state index in [-0.39, 0.29) is 17.9 Å². The second kappa shape index (κ2) is 7.89. The van der Waals surface area contributed by atoms with Crippen LogP contribution in [0, 0.1) is 13.8 Å². The molecule has 0 bridgehead atoms. The van der Waals surface area contributed by atoms with Crippen LogP contribution in [0.3, 0.4) is 0 Å². The third-order valence-corrected chi connectivity index (χ3v) is 4.86. The van der Waals surface area contributed by atoms with Crippen molar-refractivity contribution in [3.05, 3.63) is 64.9 Å². The maximum absolute atomic E-state index is 12.9. The van der Waals surface area contributed by atoms with Crippen molar-refractivity contribution in [3.63, 3.8) is 0 Å². The number of nitrogens with zero attached hydrogens (tertiary/aromatic N) is 1. The Morgan fingerprint density at radius 2 is 1.68 bits per heavy atom. The molecule has 0 unspecified atom stereocenters. The van der Waals surface area contributed by atoms with Crippen molar-refractivity contribution in [3.8, 4) is 5.75 Å². The lowest BCUT2D eigenvalue weighted by atomic mass is 10.0. The molecule has 1 aliphatic rings. The zero-order chi connectivity index (χ0) is 20.4. The van der Waals surface area contributed by atoms with E-state index in [1.54, 1.807) is 6.92 Å². The van der Waals surface area contributed by atoms with E-state index in [2.05, 4.69) is 5.32 Å². The Morgan fingerprint density at radius 1 is 1.00 bits per heavy atom. The molecule has 2 aromatic rings. The van der Waals surface area contributed by atoms with E-state index in [1.807, 2.05) is 70.2 Å². The fourth-order valence-corrected chi connectivity index (χ4v) is 3.24. The molecule has 1 N–H and O–H groups in total. The van der Waals surface area contributed by atoms with Crippen LogP contribution in [-0.4, -0.2) is 29.4 Å². The molecule has 28 heavy (non-hydrogen) atoms. The zero-order valence-electron chi connectivity index (χ0n) is 17.0. The molecule has 0 radical (unpaired) electrons. The Bertz CT molecular complexity index is 943. The minimum atomic E-state index is -0.300. The molecule has 1 aliphatic heterocycles. The molecule has 2 aromatic carbocycles. The third kappa shape index (κ3) is 3.65. The van der Waals surface area contributed by atoms with E-state index < -0.39 is 0 Å². The Balaban J connectivity index is 2.05. The second-order valence-corrected chi connectivity index (χ2v) is 7.17. The number of carbonyl (C=O) groups is 2. The molecule has 2 amide bonds. The lowest BCUT2D eigenvalue weighted by molar-refractivity contribution is -0.136. The Morgan fingerprint density at radius 3 is 2.29 bits per heavy atom. The number of ether oxygens (including phenoxy) is 1. The summed E-state index contributed by atoms with van der Waals surface area (Å²) in [5.41, 5.74) is 4.39. The molecule has 0 saturated carbocycles. The van der Waals surface area contributed by atoms with Gasteiger partial charge in [0, 0.05) is 12.2 Å². The van der Waals surface area contributed by atoms with Gasteiger partial charge in [0.2, 0.25) is 0 Å². The highest BCUT2D eigenvalue weighted by Crippen LogP contribution is 2.32. The maximum atomic E-state index is 12.9. The van der Waals surface area contributed by atoms with E-state index in [9.17, 15) is 9.59 Å². The summed E-state index contributed by atoms with van der Waals surface area (Å²) in [6.45, 7) is 10.1.